The Bertz CT molecular complexity index is 1480. The molecule has 0 saturated carbocycles. The number of benzene rings is 3. The van der Waals surface area contributed by atoms with Gasteiger partial charge in [0.05, 0.1) is 26.8 Å². The third-order valence-corrected chi connectivity index (χ3v) is 9.00. The number of phenols is 1. The van der Waals surface area contributed by atoms with Crippen LogP contribution in [0.3, 0.4) is 0 Å². The van der Waals surface area contributed by atoms with Crippen molar-refractivity contribution in [1.29, 1.82) is 0 Å². The van der Waals surface area contributed by atoms with Gasteiger partial charge in [-0.3, -0.25) is 4.79 Å². The van der Waals surface area contributed by atoms with E-state index in [-0.39, 0.29) is 16.7 Å². The average molecular weight is 524 g/mol. The molecule has 4 aromatic rings. The van der Waals surface area contributed by atoms with E-state index < -0.39 is 15.9 Å². The van der Waals surface area contributed by atoms with Crippen molar-refractivity contribution >= 4 is 43.2 Å². The summed E-state index contributed by atoms with van der Waals surface area (Å²) in [5.74, 6) is -0.415. The summed E-state index contributed by atoms with van der Waals surface area (Å²) in [5, 5.41) is 14.0. The maximum Gasteiger partial charge on any atom is 0.255 e. The number of amides is 1. The van der Waals surface area contributed by atoms with Gasteiger partial charge in [-0.15, -0.1) is 11.3 Å². The Balaban J connectivity index is 1.27. The van der Waals surface area contributed by atoms with Crippen LogP contribution in [0.15, 0.2) is 71.6 Å². The normalized spacial score (nSPS) is 16.0. The van der Waals surface area contributed by atoms with Crippen LogP contribution >= 0.6 is 11.3 Å². The molecule has 0 aliphatic carbocycles. The molecule has 36 heavy (non-hydrogen) atoms. The van der Waals surface area contributed by atoms with Gasteiger partial charge in [-0.05, 0) is 61.4 Å². The summed E-state index contributed by atoms with van der Waals surface area (Å²) in [7, 11) is -2.16. The number of para-hydroxylation sites is 1. The van der Waals surface area contributed by atoms with Crippen LogP contribution in [0, 0.1) is 0 Å². The largest absolute Gasteiger partial charge is 0.507 e. The zero-order chi connectivity index (χ0) is 25.3. The number of ether oxygens (including phenoxy) is 1. The molecule has 1 fully saturated rings. The molecule has 2 heterocycles. The van der Waals surface area contributed by atoms with Crippen molar-refractivity contribution in [3.63, 3.8) is 0 Å². The fourth-order valence-electron chi connectivity index (χ4n) is 4.11. The topological polar surface area (TPSA) is 109 Å². The lowest BCUT2D eigenvalue weighted by Crippen LogP contribution is -2.34. The molecular formula is C26H25N3O5S2. The molecule has 1 amide bonds. The van der Waals surface area contributed by atoms with Gasteiger partial charge >= 0.3 is 0 Å². The van der Waals surface area contributed by atoms with Gasteiger partial charge < -0.3 is 15.2 Å². The van der Waals surface area contributed by atoms with Gasteiger partial charge in [0, 0.05) is 37.5 Å². The van der Waals surface area contributed by atoms with E-state index in [1.807, 2.05) is 24.3 Å². The molecule has 1 aromatic heterocycles. The number of carbonyl (C=O) groups excluding carboxylic acids is 1. The Morgan fingerprint density at radius 1 is 1.17 bits per heavy atom. The van der Waals surface area contributed by atoms with Crippen LogP contribution in [0.1, 0.15) is 23.2 Å². The number of nitrogens with zero attached hydrogens (tertiary/aromatic N) is 2. The van der Waals surface area contributed by atoms with Crippen LogP contribution in [-0.2, 0) is 14.8 Å². The van der Waals surface area contributed by atoms with Crippen molar-refractivity contribution in [3.8, 4) is 16.3 Å². The van der Waals surface area contributed by atoms with Gasteiger partial charge in [-0.1, -0.05) is 12.1 Å². The van der Waals surface area contributed by atoms with Crippen molar-refractivity contribution in [3.05, 3.63) is 72.3 Å². The van der Waals surface area contributed by atoms with Gasteiger partial charge in [0.2, 0.25) is 10.0 Å². The summed E-state index contributed by atoms with van der Waals surface area (Å²) in [6, 6.07) is 18.4. The molecule has 5 rings (SSSR count). The maximum atomic E-state index is 12.9. The third kappa shape index (κ3) is 4.98. The van der Waals surface area contributed by atoms with Crippen LogP contribution in [0.5, 0.6) is 5.75 Å². The van der Waals surface area contributed by atoms with Crippen LogP contribution in [0.4, 0.5) is 5.69 Å². The Morgan fingerprint density at radius 2 is 1.94 bits per heavy atom. The van der Waals surface area contributed by atoms with E-state index in [0.717, 1.165) is 23.1 Å². The van der Waals surface area contributed by atoms with Crippen molar-refractivity contribution in [2.24, 2.45) is 0 Å². The first kappa shape index (κ1) is 24.4. The van der Waals surface area contributed by atoms with Crippen LogP contribution in [0.25, 0.3) is 20.8 Å². The molecule has 1 unspecified atom stereocenters. The second kappa shape index (κ2) is 9.98. The zero-order valence-corrected chi connectivity index (χ0v) is 21.2. The van der Waals surface area contributed by atoms with E-state index in [9.17, 15) is 18.3 Å². The van der Waals surface area contributed by atoms with Crippen molar-refractivity contribution in [1.82, 2.24) is 9.29 Å². The highest BCUT2D eigenvalue weighted by molar-refractivity contribution is 7.89. The van der Waals surface area contributed by atoms with Gasteiger partial charge in [0.15, 0.2) is 0 Å². The number of hydrogen-bond acceptors (Lipinski definition) is 7. The van der Waals surface area contributed by atoms with Crippen LogP contribution < -0.4 is 5.32 Å². The quantitative estimate of drug-likeness (QED) is 0.363. The summed E-state index contributed by atoms with van der Waals surface area (Å²) >= 11 is 1.48. The number of sulfonamides is 1. The smallest absolute Gasteiger partial charge is 0.255 e. The lowest BCUT2D eigenvalue weighted by molar-refractivity contribution is 0.0979. The predicted octanol–water partition coefficient (Wildman–Crippen LogP) is 4.72. The monoisotopic (exact) mass is 523 g/mol. The number of rotatable bonds is 7. The number of phenolic OH excluding ortho intramolecular Hbond substituents is 1. The number of nitrogens with one attached hydrogen (secondary N) is 1. The number of hydrogen-bond donors (Lipinski definition) is 2. The number of carbonyl (C=O) groups is 1. The second-order valence-corrected chi connectivity index (χ2v) is 11.7. The summed E-state index contributed by atoms with van der Waals surface area (Å²) in [5.41, 5.74) is 2.15. The molecule has 1 aliphatic rings. The molecule has 10 heteroatoms. The number of fused-ring (bicyclic) bond motifs is 1. The van der Waals surface area contributed by atoms with E-state index in [4.69, 9.17) is 4.74 Å². The predicted molar refractivity (Wildman–Crippen MR) is 140 cm³/mol. The first-order valence-electron chi connectivity index (χ1n) is 11.5. The number of anilines is 1. The number of aromatic nitrogens is 1. The zero-order valence-electron chi connectivity index (χ0n) is 19.5. The highest BCUT2D eigenvalue weighted by atomic mass is 32.2. The fourth-order valence-corrected chi connectivity index (χ4v) is 6.31. The van der Waals surface area contributed by atoms with Crippen molar-refractivity contribution in [2.75, 3.05) is 25.5 Å². The van der Waals surface area contributed by atoms with Gasteiger partial charge in [0.1, 0.15) is 10.8 Å². The fraction of sp³-hybridized carbons (Fsp3) is 0.231. The Labute approximate surface area is 213 Å². The molecule has 1 aliphatic heterocycles. The summed E-state index contributed by atoms with van der Waals surface area (Å²) in [6.45, 7) is 0.950. The van der Waals surface area contributed by atoms with Gasteiger partial charge in [0.25, 0.3) is 5.91 Å². The molecule has 1 atom stereocenters. The first-order valence-corrected chi connectivity index (χ1v) is 13.8. The lowest BCUT2D eigenvalue weighted by Gasteiger charge is -2.20. The van der Waals surface area contributed by atoms with E-state index in [0.29, 0.717) is 35.0 Å². The van der Waals surface area contributed by atoms with E-state index >= 15 is 0 Å². The summed E-state index contributed by atoms with van der Waals surface area (Å²) in [4.78, 5) is 17.4. The van der Waals surface area contributed by atoms with E-state index in [2.05, 4.69) is 10.3 Å². The minimum Gasteiger partial charge on any atom is -0.507 e. The molecule has 8 nitrogen and oxygen atoms in total. The average Bonchev–Trinajstić information content (AvgIpc) is 3.54. The molecule has 2 N–H and O–H groups in total. The number of likely N-dealkylation sites (N-methyl/N-ethyl adjacent to an activating group) is 1. The number of thiazole rings is 1. The summed E-state index contributed by atoms with van der Waals surface area (Å²) in [6.07, 6.45) is 1.69. The third-order valence-electron chi connectivity index (χ3n) is 6.09. The van der Waals surface area contributed by atoms with Crippen LogP contribution in [-0.4, -0.2) is 55.0 Å². The standard InChI is InChI=1S/C26H25N3O5S2/c1-29(16-19-5-4-14-34-19)36(32,33)20-11-8-17(9-12-20)25(31)27-18-10-13-21(23(30)15-18)26-28-22-6-2-3-7-24(22)35-26/h2-3,6-13,15,19,30H,4-5,14,16H2,1H3,(H,27,31). The van der Waals surface area contributed by atoms with Crippen molar-refractivity contribution < 1.29 is 23.1 Å². The Kier molecular flexibility index (Phi) is 6.76. The lowest BCUT2D eigenvalue weighted by atomic mass is 10.1. The highest BCUT2D eigenvalue weighted by Crippen LogP contribution is 2.36. The van der Waals surface area contributed by atoms with Crippen LogP contribution in [0.2, 0.25) is 0 Å². The van der Waals surface area contributed by atoms with Gasteiger partial charge in [-0.25, -0.2) is 13.4 Å². The molecule has 186 valence electrons. The highest BCUT2D eigenvalue weighted by Gasteiger charge is 2.26. The molecule has 0 bridgehead atoms. The van der Waals surface area contributed by atoms with Gasteiger partial charge in [-0.2, -0.15) is 4.31 Å². The maximum absolute atomic E-state index is 12.9. The SMILES string of the molecule is CN(CC1CCCO1)S(=O)(=O)c1ccc(C(=O)Nc2ccc(-c3nc4ccccc4s3)c(O)c2)cc1. The molecular weight excluding hydrogens is 498 g/mol. The minimum absolute atomic E-state index is 0.00239. The molecule has 1 saturated heterocycles. The molecule has 0 spiro atoms. The number of aromatic hydroxyl groups is 1. The Hall–Kier alpha value is -3.31. The van der Waals surface area contributed by atoms with E-state index in [1.54, 1.807) is 12.1 Å². The molecule has 3 aromatic carbocycles. The summed E-state index contributed by atoms with van der Waals surface area (Å²) < 4.78 is 33.6. The van der Waals surface area contributed by atoms with E-state index in [1.165, 1.54) is 53.0 Å². The Morgan fingerprint density at radius 3 is 2.64 bits per heavy atom. The molecule has 0 radical (unpaired) electrons. The first-order chi connectivity index (χ1) is 17.3. The second-order valence-electron chi connectivity index (χ2n) is 8.62. The van der Waals surface area contributed by atoms with Crippen molar-refractivity contribution in [2.45, 2.75) is 23.8 Å². The minimum atomic E-state index is -3.69.